The Hall–Kier alpha value is -1.50. The Morgan fingerprint density at radius 3 is 2.48 bits per heavy atom. The fraction of sp³-hybridized carbons (Fsp3) is 0.357. The Labute approximate surface area is 129 Å². The minimum absolute atomic E-state index is 0.144. The number of hydrogen-bond donors (Lipinski definition) is 1. The van der Waals surface area contributed by atoms with E-state index in [1.54, 1.807) is 10.7 Å². The van der Waals surface area contributed by atoms with Crippen LogP contribution in [0.5, 0.6) is 0 Å². The average molecular weight is 362 g/mol. The van der Waals surface area contributed by atoms with Crippen molar-refractivity contribution in [2.75, 3.05) is 5.32 Å². The number of hydrogen-bond acceptors (Lipinski definition) is 2. The van der Waals surface area contributed by atoms with Gasteiger partial charge in [0, 0.05) is 29.0 Å². The third-order valence-electron chi connectivity index (χ3n) is 3.13. The number of halogens is 4. The monoisotopic (exact) mass is 361 g/mol. The molecule has 0 saturated heterocycles. The SMILES string of the molecule is Cc1nn(C)cc1C(C)Nc1cc(Br)cc(C(F)(F)F)c1. The first-order valence-electron chi connectivity index (χ1n) is 6.31. The number of rotatable bonds is 3. The van der Waals surface area contributed by atoms with E-state index in [9.17, 15) is 13.2 Å². The van der Waals surface area contributed by atoms with Crippen LogP contribution in [0.15, 0.2) is 28.9 Å². The maximum Gasteiger partial charge on any atom is 0.416 e. The number of alkyl halides is 3. The lowest BCUT2D eigenvalue weighted by atomic mass is 10.1. The van der Waals surface area contributed by atoms with Crippen LogP contribution in [0, 0.1) is 6.92 Å². The minimum Gasteiger partial charge on any atom is -0.378 e. The molecule has 0 bridgehead atoms. The molecule has 0 amide bonds. The van der Waals surface area contributed by atoms with Gasteiger partial charge in [0.25, 0.3) is 0 Å². The van der Waals surface area contributed by atoms with Gasteiger partial charge in [-0.3, -0.25) is 4.68 Å². The molecule has 0 aliphatic heterocycles. The maximum absolute atomic E-state index is 12.8. The van der Waals surface area contributed by atoms with Crippen molar-refractivity contribution in [2.45, 2.75) is 26.1 Å². The molecular formula is C14H15BrF3N3. The number of aromatic nitrogens is 2. The quantitative estimate of drug-likeness (QED) is 0.859. The van der Waals surface area contributed by atoms with Crippen LogP contribution < -0.4 is 5.32 Å². The van der Waals surface area contributed by atoms with Crippen LogP contribution in [0.3, 0.4) is 0 Å². The summed E-state index contributed by atoms with van der Waals surface area (Å²) in [5, 5.41) is 7.32. The zero-order valence-electron chi connectivity index (χ0n) is 11.8. The molecule has 114 valence electrons. The summed E-state index contributed by atoms with van der Waals surface area (Å²) in [6.45, 7) is 3.76. The summed E-state index contributed by atoms with van der Waals surface area (Å²) in [4.78, 5) is 0. The van der Waals surface area contributed by atoms with Gasteiger partial charge in [-0.1, -0.05) is 15.9 Å². The van der Waals surface area contributed by atoms with Crippen LogP contribution in [0.25, 0.3) is 0 Å². The first kappa shape index (κ1) is 15.9. The molecule has 2 rings (SSSR count). The molecular weight excluding hydrogens is 347 g/mol. The zero-order valence-corrected chi connectivity index (χ0v) is 13.4. The van der Waals surface area contributed by atoms with Crippen LogP contribution in [0.1, 0.15) is 29.8 Å². The maximum atomic E-state index is 12.8. The first-order valence-corrected chi connectivity index (χ1v) is 7.10. The lowest BCUT2D eigenvalue weighted by molar-refractivity contribution is -0.137. The van der Waals surface area contributed by atoms with Gasteiger partial charge in [-0.25, -0.2) is 0 Å². The lowest BCUT2D eigenvalue weighted by Gasteiger charge is -2.17. The van der Waals surface area contributed by atoms with Crippen molar-refractivity contribution >= 4 is 21.6 Å². The van der Waals surface area contributed by atoms with Crippen LogP contribution in [-0.2, 0) is 13.2 Å². The Kier molecular flexibility index (Phi) is 4.32. The lowest BCUT2D eigenvalue weighted by Crippen LogP contribution is -2.10. The minimum atomic E-state index is -4.37. The average Bonchev–Trinajstić information content (AvgIpc) is 2.66. The van der Waals surface area contributed by atoms with E-state index in [-0.39, 0.29) is 6.04 Å². The predicted molar refractivity (Wildman–Crippen MR) is 79.1 cm³/mol. The van der Waals surface area contributed by atoms with E-state index in [4.69, 9.17) is 0 Å². The third-order valence-corrected chi connectivity index (χ3v) is 3.58. The zero-order chi connectivity index (χ0) is 15.8. The summed E-state index contributed by atoms with van der Waals surface area (Å²) in [6, 6.07) is 3.64. The number of aryl methyl sites for hydroxylation is 2. The van der Waals surface area contributed by atoms with E-state index in [2.05, 4.69) is 26.3 Å². The number of nitrogens with one attached hydrogen (secondary N) is 1. The van der Waals surface area contributed by atoms with Gasteiger partial charge in [0.2, 0.25) is 0 Å². The molecule has 1 aromatic carbocycles. The highest BCUT2D eigenvalue weighted by molar-refractivity contribution is 9.10. The summed E-state index contributed by atoms with van der Waals surface area (Å²) >= 11 is 3.11. The van der Waals surface area contributed by atoms with E-state index in [0.717, 1.165) is 23.4 Å². The summed E-state index contributed by atoms with van der Waals surface area (Å²) in [7, 11) is 1.81. The first-order chi connectivity index (χ1) is 9.66. The van der Waals surface area contributed by atoms with Gasteiger partial charge < -0.3 is 5.32 Å². The summed E-state index contributed by atoms with van der Waals surface area (Å²) in [5.41, 5.74) is 1.52. The predicted octanol–water partition coefficient (Wildman–Crippen LogP) is 4.68. The molecule has 0 fully saturated rings. The second-order valence-corrected chi connectivity index (χ2v) is 5.85. The van der Waals surface area contributed by atoms with E-state index in [1.807, 2.05) is 27.1 Å². The van der Waals surface area contributed by atoms with E-state index in [0.29, 0.717) is 10.2 Å². The molecule has 3 nitrogen and oxygen atoms in total. The van der Waals surface area contributed by atoms with E-state index < -0.39 is 11.7 Å². The van der Waals surface area contributed by atoms with Crippen molar-refractivity contribution in [2.24, 2.45) is 7.05 Å². The molecule has 0 saturated carbocycles. The fourth-order valence-corrected chi connectivity index (χ4v) is 2.70. The molecule has 1 heterocycles. The van der Waals surface area contributed by atoms with Gasteiger partial charge in [-0.05, 0) is 32.0 Å². The normalized spacial score (nSPS) is 13.3. The molecule has 7 heteroatoms. The highest BCUT2D eigenvalue weighted by Gasteiger charge is 2.31. The second-order valence-electron chi connectivity index (χ2n) is 4.94. The molecule has 21 heavy (non-hydrogen) atoms. The Balaban J connectivity index is 2.27. The fourth-order valence-electron chi connectivity index (χ4n) is 2.21. The highest BCUT2D eigenvalue weighted by Crippen LogP contribution is 2.34. The van der Waals surface area contributed by atoms with Crippen molar-refractivity contribution < 1.29 is 13.2 Å². The second kappa shape index (κ2) is 5.71. The number of anilines is 1. The molecule has 0 aliphatic carbocycles. The molecule has 0 radical (unpaired) electrons. The van der Waals surface area contributed by atoms with Gasteiger partial charge in [0.15, 0.2) is 0 Å². The van der Waals surface area contributed by atoms with Crippen LogP contribution in [0.2, 0.25) is 0 Å². The standard InChI is InChI=1S/C14H15BrF3N3/c1-8(13-7-21(3)20-9(13)2)19-12-5-10(14(16,17)18)4-11(15)6-12/h4-8,19H,1-3H3. The number of nitrogens with zero attached hydrogens (tertiary/aromatic N) is 2. The Bertz CT molecular complexity index is 649. The summed E-state index contributed by atoms with van der Waals surface area (Å²) in [6.07, 6.45) is -2.51. The Morgan fingerprint density at radius 2 is 1.95 bits per heavy atom. The van der Waals surface area contributed by atoms with Crippen LogP contribution >= 0.6 is 15.9 Å². The third kappa shape index (κ3) is 3.78. The van der Waals surface area contributed by atoms with Crippen molar-refractivity contribution in [3.05, 3.63) is 45.7 Å². The van der Waals surface area contributed by atoms with Crippen molar-refractivity contribution in [3.63, 3.8) is 0 Å². The summed E-state index contributed by atoms with van der Waals surface area (Å²) < 4.78 is 40.5. The van der Waals surface area contributed by atoms with Crippen molar-refractivity contribution in [3.8, 4) is 0 Å². The van der Waals surface area contributed by atoms with Gasteiger partial charge >= 0.3 is 6.18 Å². The molecule has 0 aliphatic rings. The molecule has 1 N–H and O–H groups in total. The molecule has 1 atom stereocenters. The van der Waals surface area contributed by atoms with E-state index in [1.165, 1.54) is 0 Å². The van der Waals surface area contributed by atoms with Crippen LogP contribution in [-0.4, -0.2) is 9.78 Å². The van der Waals surface area contributed by atoms with Gasteiger partial charge in [-0.15, -0.1) is 0 Å². The van der Waals surface area contributed by atoms with Gasteiger partial charge in [0.1, 0.15) is 0 Å². The van der Waals surface area contributed by atoms with Gasteiger partial charge in [-0.2, -0.15) is 18.3 Å². The van der Waals surface area contributed by atoms with Crippen molar-refractivity contribution in [1.82, 2.24) is 9.78 Å². The largest absolute Gasteiger partial charge is 0.416 e. The van der Waals surface area contributed by atoms with Crippen molar-refractivity contribution in [1.29, 1.82) is 0 Å². The Morgan fingerprint density at radius 1 is 1.29 bits per heavy atom. The number of benzene rings is 1. The van der Waals surface area contributed by atoms with Gasteiger partial charge in [0.05, 0.1) is 17.3 Å². The highest BCUT2D eigenvalue weighted by atomic mass is 79.9. The van der Waals surface area contributed by atoms with E-state index >= 15 is 0 Å². The topological polar surface area (TPSA) is 29.9 Å². The molecule has 2 aromatic rings. The molecule has 0 spiro atoms. The molecule has 1 aromatic heterocycles. The summed E-state index contributed by atoms with van der Waals surface area (Å²) in [5.74, 6) is 0. The van der Waals surface area contributed by atoms with Crippen LogP contribution in [0.4, 0.5) is 18.9 Å². The smallest absolute Gasteiger partial charge is 0.378 e. The molecule has 1 unspecified atom stereocenters.